The average Bonchev–Trinajstić information content (AvgIpc) is 2.86. The van der Waals surface area contributed by atoms with Gasteiger partial charge in [0.15, 0.2) is 5.78 Å². The molecule has 4 rings (SSSR count). The van der Waals surface area contributed by atoms with Gasteiger partial charge in [0, 0.05) is 12.8 Å². The van der Waals surface area contributed by atoms with Gasteiger partial charge in [0.1, 0.15) is 0 Å². The van der Waals surface area contributed by atoms with Gasteiger partial charge < -0.3 is 5.11 Å². The van der Waals surface area contributed by atoms with Gasteiger partial charge in [0.2, 0.25) is 0 Å². The van der Waals surface area contributed by atoms with Crippen LogP contribution in [0.3, 0.4) is 0 Å². The molecule has 0 aliphatic heterocycles. The highest BCUT2D eigenvalue weighted by Gasteiger charge is 2.61. The molecule has 0 aromatic heterocycles. The summed E-state index contributed by atoms with van der Waals surface area (Å²) in [6, 6.07) is 0. The quantitative estimate of drug-likeness (QED) is 0.759. The maximum absolute atomic E-state index is 11.9. The van der Waals surface area contributed by atoms with Gasteiger partial charge in [-0.1, -0.05) is 32.9 Å². The van der Waals surface area contributed by atoms with Crippen molar-refractivity contribution in [2.75, 3.05) is 0 Å². The van der Waals surface area contributed by atoms with Crippen LogP contribution in [0.1, 0.15) is 72.1 Å². The summed E-state index contributed by atoms with van der Waals surface area (Å²) in [5.74, 6) is 1.47. The lowest BCUT2D eigenvalue weighted by Gasteiger charge is -2.58. The summed E-state index contributed by atoms with van der Waals surface area (Å²) in [7, 11) is 0. The fraction of sp³-hybridized carbons (Fsp3) is 0.739. The Balaban J connectivity index is 1.66. The zero-order chi connectivity index (χ0) is 18.7. The van der Waals surface area contributed by atoms with Crippen molar-refractivity contribution in [2.24, 2.45) is 34.0 Å². The summed E-state index contributed by atoms with van der Waals surface area (Å²) in [6.45, 7) is 7.16. The molecule has 2 fully saturated rings. The molecular weight excluding hydrogens is 324 g/mol. The Morgan fingerprint density at radius 3 is 2.62 bits per heavy atom. The molecule has 1 N–H and O–H groups in total. The second-order valence-electron chi connectivity index (χ2n) is 10.1. The molecule has 142 valence electrons. The van der Waals surface area contributed by atoms with Crippen molar-refractivity contribution in [1.82, 2.24) is 0 Å². The van der Waals surface area contributed by atoms with Crippen LogP contribution in [0.5, 0.6) is 0 Å². The molecule has 0 unspecified atom stereocenters. The van der Waals surface area contributed by atoms with Crippen LogP contribution in [0.2, 0.25) is 0 Å². The lowest BCUT2D eigenvalue weighted by atomic mass is 9.46. The zero-order valence-electron chi connectivity index (χ0n) is 16.4. The summed E-state index contributed by atoms with van der Waals surface area (Å²) >= 11 is 0. The van der Waals surface area contributed by atoms with E-state index in [0.29, 0.717) is 24.2 Å². The van der Waals surface area contributed by atoms with E-state index in [4.69, 9.17) is 0 Å². The van der Waals surface area contributed by atoms with Gasteiger partial charge >= 0.3 is 5.97 Å². The van der Waals surface area contributed by atoms with Crippen LogP contribution < -0.4 is 0 Å². The van der Waals surface area contributed by atoms with Crippen LogP contribution in [0.25, 0.3) is 0 Å². The van der Waals surface area contributed by atoms with E-state index in [-0.39, 0.29) is 28.4 Å². The van der Waals surface area contributed by atoms with Gasteiger partial charge in [0.25, 0.3) is 0 Å². The summed E-state index contributed by atoms with van der Waals surface area (Å²) in [4.78, 5) is 23.1. The molecule has 2 saturated carbocycles. The van der Waals surface area contributed by atoms with Crippen LogP contribution in [-0.2, 0) is 9.59 Å². The Bertz CT molecular complexity index is 704. The molecule has 0 saturated heterocycles. The minimum absolute atomic E-state index is 0.133. The summed E-state index contributed by atoms with van der Waals surface area (Å²) < 4.78 is 0. The summed E-state index contributed by atoms with van der Waals surface area (Å²) in [6.07, 6.45) is 14.1. The molecule has 0 aromatic carbocycles. The van der Waals surface area contributed by atoms with E-state index < -0.39 is 5.97 Å². The van der Waals surface area contributed by atoms with Crippen molar-refractivity contribution in [3.8, 4) is 0 Å². The predicted molar refractivity (Wildman–Crippen MR) is 102 cm³/mol. The lowest BCUT2D eigenvalue weighted by Crippen LogP contribution is -2.50. The molecular formula is C23H32O3. The first-order chi connectivity index (χ1) is 12.2. The molecule has 6 atom stereocenters. The SMILES string of the molecule is C[C@@]1(CCC(=O)O)CC[C@H]2[C@@H]3C=CC4=CC(=O)CC[C@]4(C)[C@H]3CC[C@@]21C. The van der Waals surface area contributed by atoms with Crippen LogP contribution in [0.15, 0.2) is 23.8 Å². The average molecular weight is 357 g/mol. The molecule has 26 heavy (non-hydrogen) atoms. The summed E-state index contributed by atoms with van der Waals surface area (Å²) in [5.41, 5.74) is 1.77. The monoisotopic (exact) mass is 356 g/mol. The fourth-order valence-corrected chi connectivity index (χ4v) is 7.15. The maximum Gasteiger partial charge on any atom is 0.303 e. The fourth-order valence-electron chi connectivity index (χ4n) is 7.15. The van der Waals surface area contributed by atoms with E-state index in [9.17, 15) is 14.7 Å². The molecule has 4 aliphatic carbocycles. The number of rotatable bonds is 3. The number of hydrogen-bond donors (Lipinski definition) is 1. The van der Waals surface area contributed by atoms with E-state index >= 15 is 0 Å². The minimum Gasteiger partial charge on any atom is -0.481 e. The molecule has 0 spiro atoms. The van der Waals surface area contributed by atoms with Crippen molar-refractivity contribution in [1.29, 1.82) is 0 Å². The molecule has 0 bridgehead atoms. The topological polar surface area (TPSA) is 54.4 Å². The maximum atomic E-state index is 11.9. The Kier molecular flexibility index (Phi) is 4.02. The first-order valence-electron chi connectivity index (χ1n) is 10.3. The third kappa shape index (κ3) is 2.38. The van der Waals surface area contributed by atoms with Crippen LogP contribution in [-0.4, -0.2) is 16.9 Å². The first kappa shape index (κ1) is 18.0. The highest BCUT2D eigenvalue weighted by Crippen LogP contribution is 2.69. The number of aliphatic carboxylic acids is 1. The Morgan fingerprint density at radius 2 is 1.88 bits per heavy atom. The van der Waals surface area contributed by atoms with E-state index in [2.05, 4.69) is 32.9 Å². The molecule has 0 radical (unpaired) electrons. The smallest absolute Gasteiger partial charge is 0.303 e. The predicted octanol–water partition coefficient (Wildman–Crippen LogP) is 5.17. The molecule has 3 nitrogen and oxygen atoms in total. The number of carbonyl (C=O) groups is 2. The van der Waals surface area contributed by atoms with Crippen LogP contribution in [0.4, 0.5) is 0 Å². The number of allylic oxidation sites excluding steroid dienone is 4. The Hall–Kier alpha value is -1.38. The van der Waals surface area contributed by atoms with Crippen LogP contribution >= 0.6 is 0 Å². The molecule has 0 amide bonds. The largest absolute Gasteiger partial charge is 0.481 e. The lowest BCUT2D eigenvalue weighted by molar-refractivity contribution is -0.138. The van der Waals surface area contributed by atoms with Gasteiger partial charge in [-0.15, -0.1) is 0 Å². The van der Waals surface area contributed by atoms with E-state index in [1.165, 1.54) is 24.8 Å². The normalized spacial score (nSPS) is 47.0. The van der Waals surface area contributed by atoms with Gasteiger partial charge in [-0.25, -0.2) is 0 Å². The van der Waals surface area contributed by atoms with Crippen molar-refractivity contribution >= 4 is 11.8 Å². The van der Waals surface area contributed by atoms with Crippen molar-refractivity contribution < 1.29 is 14.7 Å². The van der Waals surface area contributed by atoms with Gasteiger partial charge in [-0.05, 0) is 84.2 Å². The molecule has 0 aromatic rings. The van der Waals surface area contributed by atoms with E-state index in [1.54, 1.807) is 0 Å². The van der Waals surface area contributed by atoms with Crippen molar-refractivity contribution in [3.05, 3.63) is 23.8 Å². The molecule has 0 heterocycles. The molecule has 3 heteroatoms. The second-order valence-corrected chi connectivity index (χ2v) is 10.1. The van der Waals surface area contributed by atoms with Gasteiger partial charge in [-0.2, -0.15) is 0 Å². The highest BCUT2D eigenvalue weighted by molar-refractivity contribution is 5.92. The number of ketones is 1. The molecule has 4 aliphatic rings. The second kappa shape index (κ2) is 5.81. The van der Waals surface area contributed by atoms with E-state index in [0.717, 1.165) is 19.3 Å². The van der Waals surface area contributed by atoms with Gasteiger partial charge in [-0.3, -0.25) is 9.59 Å². The first-order valence-corrected chi connectivity index (χ1v) is 10.3. The number of carboxylic acids is 1. The highest BCUT2D eigenvalue weighted by atomic mass is 16.4. The zero-order valence-corrected chi connectivity index (χ0v) is 16.4. The third-order valence-corrected chi connectivity index (χ3v) is 9.18. The number of carbonyl (C=O) groups excluding carboxylic acids is 1. The minimum atomic E-state index is -0.668. The number of carboxylic acid groups (broad SMARTS) is 1. The van der Waals surface area contributed by atoms with Crippen LogP contribution in [0, 0.1) is 34.0 Å². The summed E-state index contributed by atoms with van der Waals surface area (Å²) in [5, 5.41) is 9.20. The number of hydrogen-bond acceptors (Lipinski definition) is 2. The Morgan fingerprint density at radius 1 is 1.15 bits per heavy atom. The van der Waals surface area contributed by atoms with Crippen molar-refractivity contribution in [2.45, 2.75) is 72.1 Å². The standard InChI is InChI=1S/C23H32O3/c1-21(11-9-20(25)26)10-7-19-17-5-4-15-14-16(24)6-12-22(15,2)18(17)8-13-23(19,21)3/h4-5,14,17-19H,6-13H2,1-3H3,(H,25,26)/t17-,18+,19+,21+,22+,23+/m1/s1. The number of fused-ring (bicyclic) bond motifs is 5. The Labute approximate surface area is 156 Å². The van der Waals surface area contributed by atoms with Gasteiger partial charge in [0.05, 0.1) is 0 Å². The third-order valence-electron chi connectivity index (χ3n) is 9.18. The van der Waals surface area contributed by atoms with E-state index in [1.807, 2.05) is 6.08 Å². The van der Waals surface area contributed by atoms with Crippen molar-refractivity contribution in [3.63, 3.8) is 0 Å².